The number of benzene rings is 1. The lowest BCUT2D eigenvalue weighted by Gasteiger charge is -2.42. The molecule has 3 atom stereocenters. The van der Waals surface area contributed by atoms with Gasteiger partial charge in [-0.1, -0.05) is 35.4 Å². The third-order valence-electron chi connectivity index (χ3n) is 9.13. The van der Waals surface area contributed by atoms with Gasteiger partial charge in [-0.2, -0.15) is 5.10 Å². The van der Waals surface area contributed by atoms with Gasteiger partial charge in [-0.15, -0.1) is 0 Å². The van der Waals surface area contributed by atoms with Crippen LogP contribution in [0.1, 0.15) is 82.2 Å². The van der Waals surface area contributed by atoms with Crippen molar-refractivity contribution in [1.82, 2.24) is 14.7 Å². The third kappa shape index (κ3) is 6.34. The average Bonchev–Trinajstić information content (AvgIpc) is 3.23. The van der Waals surface area contributed by atoms with Crippen LogP contribution in [-0.2, 0) is 0 Å². The first-order chi connectivity index (χ1) is 17.0. The Balaban J connectivity index is 1.08. The van der Waals surface area contributed by atoms with Gasteiger partial charge < -0.3 is 9.64 Å². The van der Waals surface area contributed by atoms with E-state index in [0.717, 1.165) is 51.9 Å². The molecule has 3 aliphatic rings. The van der Waals surface area contributed by atoms with Crippen molar-refractivity contribution in [2.45, 2.75) is 93.7 Å². The number of halogens is 2. The number of ether oxygens (including phenoxy) is 1. The number of rotatable bonds is 5. The van der Waals surface area contributed by atoms with E-state index in [0.29, 0.717) is 12.0 Å². The van der Waals surface area contributed by atoms with Crippen LogP contribution in [0.2, 0.25) is 0 Å². The Morgan fingerprint density at radius 2 is 1.77 bits per heavy atom. The molecule has 1 aromatic heterocycles. The summed E-state index contributed by atoms with van der Waals surface area (Å²) in [5, 5.41) is 6.06. The second kappa shape index (κ2) is 11.7. The van der Waals surface area contributed by atoms with Gasteiger partial charge in [0.15, 0.2) is 0 Å². The van der Waals surface area contributed by atoms with Crippen LogP contribution >= 0.6 is 22.6 Å². The van der Waals surface area contributed by atoms with E-state index in [1.807, 2.05) is 0 Å². The summed E-state index contributed by atoms with van der Waals surface area (Å²) in [6, 6.07) is 4.77. The van der Waals surface area contributed by atoms with Crippen molar-refractivity contribution < 1.29 is 9.13 Å². The van der Waals surface area contributed by atoms with Crippen molar-refractivity contribution in [3.8, 4) is 5.75 Å². The first-order valence-corrected chi connectivity index (χ1v) is 15.3. The standard InChI is InChI=1S/C29H43FIN3O/c1-20-13-24-19-34(32-28(24)17-29(20)35-2)27-14-21(15-27)18-33-11-9-22(10-12-33)23-7-8-26(31)6-4-3-5-25(30)16-23/h13,17,19,21-23,25-27H,3-12,14-16,18H2,1-2H3. The lowest BCUT2D eigenvalue weighted by Crippen LogP contribution is -2.42. The number of aryl methyl sites for hydroxylation is 1. The Kier molecular flexibility index (Phi) is 8.58. The maximum atomic E-state index is 14.6. The van der Waals surface area contributed by atoms with Crippen molar-refractivity contribution in [3.05, 3.63) is 23.9 Å². The monoisotopic (exact) mass is 595 g/mol. The summed E-state index contributed by atoms with van der Waals surface area (Å²) in [7, 11) is 1.72. The maximum absolute atomic E-state index is 14.6. The molecule has 0 radical (unpaired) electrons. The summed E-state index contributed by atoms with van der Waals surface area (Å²) in [6.07, 6.45) is 14.4. The van der Waals surface area contributed by atoms with Crippen molar-refractivity contribution in [2.24, 2.45) is 17.8 Å². The molecule has 5 rings (SSSR count). The van der Waals surface area contributed by atoms with Crippen LogP contribution in [-0.4, -0.2) is 51.5 Å². The van der Waals surface area contributed by atoms with Gasteiger partial charge >= 0.3 is 0 Å². The summed E-state index contributed by atoms with van der Waals surface area (Å²) in [5.74, 6) is 3.04. The highest BCUT2D eigenvalue weighted by Gasteiger charge is 2.35. The molecule has 6 heteroatoms. The predicted octanol–water partition coefficient (Wildman–Crippen LogP) is 7.52. The molecule has 2 aliphatic carbocycles. The Morgan fingerprint density at radius 1 is 1.00 bits per heavy atom. The fourth-order valence-corrected chi connectivity index (χ4v) is 7.69. The fraction of sp³-hybridized carbons (Fsp3) is 0.759. The van der Waals surface area contributed by atoms with Gasteiger partial charge in [0.05, 0.1) is 18.7 Å². The zero-order valence-electron chi connectivity index (χ0n) is 21.6. The molecule has 0 spiro atoms. The largest absolute Gasteiger partial charge is 0.496 e. The van der Waals surface area contributed by atoms with Crippen molar-refractivity contribution >= 4 is 33.5 Å². The Hall–Kier alpha value is -0.890. The van der Waals surface area contributed by atoms with Gasteiger partial charge in [0.1, 0.15) is 11.9 Å². The summed E-state index contributed by atoms with van der Waals surface area (Å²) in [5.41, 5.74) is 2.19. The first-order valence-electron chi connectivity index (χ1n) is 14.0. The van der Waals surface area contributed by atoms with Crippen molar-refractivity contribution in [1.29, 1.82) is 0 Å². The molecule has 35 heavy (non-hydrogen) atoms. The molecule has 1 saturated heterocycles. The van der Waals surface area contributed by atoms with Crippen molar-refractivity contribution in [3.63, 3.8) is 0 Å². The molecule has 1 aromatic carbocycles. The minimum Gasteiger partial charge on any atom is -0.496 e. The average molecular weight is 596 g/mol. The molecule has 3 unspecified atom stereocenters. The van der Waals surface area contributed by atoms with E-state index in [-0.39, 0.29) is 0 Å². The highest BCUT2D eigenvalue weighted by Crippen LogP contribution is 2.41. The molecule has 0 N–H and O–H groups in total. The molecule has 2 aromatic rings. The Labute approximate surface area is 224 Å². The second-order valence-corrected chi connectivity index (χ2v) is 13.4. The Morgan fingerprint density at radius 3 is 2.54 bits per heavy atom. The molecular weight excluding hydrogens is 552 g/mol. The zero-order valence-corrected chi connectivity index (χ0v) is 23.8. The van der Waals surface area contributed by atoms with E-state index in [1.54, 1.807) is 7.11 Å². The summed E-state index contributed by atoms with van der Waals surface area (Å²) in [4.78, 5) is 2.69. The third-order valence-corrected chi connectivity index (χ3v) is 10.4. The van der Waals surface area contributed by atoms with Gasteiger partial charge in [0.2, 0.25) is 0 Å². The highest BCUT2D eigenvalue weighted by molar-refractivity contribution is 14.1. The lowest BCUT2D eigenvalue weighted by atomic mass is 9.76. The topological polar surface area (TPSA) is 30.3 Å². The number of aromatic nitrogens is 2. The SMILES string of the molecule is COc1cc2nn(C3CC(CN4CCC(C5CCC(I)CCCCC(F)C5)CC4)C3)cc2cc1C. The molecule has 1 aliphatic heterocycles. The number of nitrogens with zero attached hydrogens (tertiary/aromatic N) is 3. The fourth-order valence-electron chi connectivity index (χ4n) is 6.89. The van der Waals surface area contributed by atoms with Gasteiger partial charge in [-0.05, 0) is 107 Å². The quantitative estimate of drug-likeness (QED) is 0.265. The van der Waals surface area contributed by atoms with Crippen molar-refractivity contribution in [2.75, 3.05) is 26.7 Å². The van der Waals surface area contributed by atoms with Gasteiger partial charge in [-0.3, -0.25) is 4.68 Å². The number of hydrogen-bond acceptors (Lipinski definition) is 3. The number of fused-ring (bicyclic) bond motifs is 1. The Bertz CT molecular complexity index is 966. The van der Waals surface area contributed by atoms with E-state index in [1.165, 1.54) is 76.4 Å². The van der Waals surface area contributed by atoms with Crippen LogP contribution < -0.4 is 4.74 Å². The molecule has 0 bridgehead atoms. The normalized spacial score (nSPS) is 31.8. The van der Waals surface area contributed by atoms with E-state index < -0.39 is 6.17 Å². The van der Waals surface area contributed by atoms with Crippen LogP contribution in [0.15, 0.2) is 18.3 Å². The van der Waals surface area contributed by atoms with E-state index in [9.17, 15) is 4.39 Å². The summed E-state index contributed by atoms with van der Waals surface area (Å²) in [6.45, 7) is 5.73. The molecule has 3 fully saturated rings. The highest BCUT2D eigenvalue weighted by atomic mass is 127. The van der Waals surface area contributed by atoms with E-state index >= 15 is 0 Å². The van der Waals surface area contributed by atoms with Crippen LogP contribution in [0.4, 0.5) is 4.39 Å². The molecule has 2 heterocycles. The van der Waals surface area contributed by atoms with E-state index in [4.69, 9.17) is 9.84 Å². The smallest absolute Gasteiger partial charge is 0.124 e. The second-order valence-electron chi connectivity index (χ2n) is 11.7. The summed E-state index contributed by atoms with van der Waals surface area (Å²) < 4.78 is 23.1. The minimum absolute atomic E-state index is 0.530. The van der Waals surface area contributed by atoms with Gasteiger partial charge in [-0.25, -0.2) is 4.39 Å². The van der Waals surface area contributed by atoms with Crippen LogP contribution in [0.5, 0.6) is 5.75 Å². The summed E-state index contributed by atoms with van der Waals surface area (Å²) >= 11 is 2.64. The van der Waals surface area contributed by atoms with Gasteiger partial charge in [0, 0.05) is 28.1 Å². The molecule has 0 amide bonds. The lowest BCUT2D eigenvalue weighted by molar-refractivity contribution is 0.0753. The molecule has 2 saturated carbocycles. The van der Waals surface area contributed by atoms with Gasteiger partial charge in [0.25, 0.3) is 0 Å². The zero-order chi connectivity index (χ0) is 24.4. The predicted molar refractivity (Wildman–Crippen MR) is 150 cm³/mol. The van der Waals surface area contributed by atoms with Crippen LogP contribution in [0.3, 0.4) is 0 Å². The first kappa shape index (κ1) is 25.7. The number of methoxy groups -OCH3 is 1. The number of likely N-dealkylation sites (tertiary alicyclic amines) is 1. The van der Waals surface area contributed by atoms with E-state index in [2.05, 4.69) is 57.4 Å². The molecular formula is C29H43FIN3O. The van der Waals surface area contributed by atoms with Crippen LogP contribution in [0, 0.1) is 24.7 Å². The molecule has 4 nitrogen and oxygen atoms in total. The minimum atomic E-state index is -0.570. The number of hydrogen-bond donors (Lipinski definition) is 0. The number of alkyl halides is 2. The molecule has 194 valence electrons. The van der Waals surface area contributed by atoms with Crippen LogP contribution in [0.25, 0.3) is 10.9 Å². The maximum Gasteiger partial charge on any atom is 0.124 e. The number of piperidine rings is 1.